The molecule has 0 saturated carbocycles. The van der Waals surface area contributed by atoms with E-state index in [1.54, 1.807) is 14.2 Å². The summed E-state index contributed by atoms with van der Waals surface area (Å²) in [4.78, 5) is 13.2. The van der Waals surface area contributed by atoms with E-state index in [9.17, 15) is 4.79 Å². The van der Waals surface area contributed by atoms with Crippen molar-refractivity contribution in [2.75, 3.05) is 45.4 Å². The van der Waals surface area contributed by atoms with E-state index >= 15 is 0 Å². The van der Waals surface area contributed by atoms with Gasteiger partial charge in [-0.1, -0.05) is 12.1 Å². The van der Waals surface area contributed by atoms with Gasteiger partial charge in [0.1, 0.15) is 0 Å². The van der Waals surface area contributed by atoms with Gasteiger partial charge in [-0.2, -0.15) is 0 Å². The largest absolute Gasteiger partial charge is 0.385 e. The minimum Gasteiger partial charge on any atom is -0.385 e. The van der Waals surface area contributed by atoms with E-state index in [2.05, 4.69) is 4.90 Å². The zero-order chi connectivity index (χ0) is 13.2. The maximum absolute atomic E-state index is 11.1. The molecule has 0 bridgehead atoms. The lowest BCUT2D eigenvalue weighted by atomic mass is 10.1. The molecular weight excluding hydrogens is 230 g/mol. The van der Waals surface area contributed by atoms with Gasteiger partial charge < -0.3 is 14.4 Å². The fourth-order valence-electron chi connectivity index (χ4n) is 1.83. The van der Waals surface area contributed by atoms with Crippen LogP contribution in [0.4, 0.5) is 5.69 Å². The predicted octanol–water partition coefficient (Wildman–Crippen LogP) is 1.99. The molecule has 0 saturated heterocycles. The molecule has 0 spiro atoms. The average molecular weight is 251 g/mol. The molecule has 1 aromatic carbocycles. The Morgan fingerprint density at radius 1 is 1.11 bits per heavy atom. The van der Waals surface area contributed by atoms with Gasteiger partial charge in [0.2, 0.25) is 0 Å². The Morgan fingerprint density at radius 2 is 1.83 bits per heavy atom. The number of aldehydes is 1. The van der Waals surface area contributed by atoms with Gasteiger partial charge in [-0.3, -0.25) is 4.79 Å². The third-order valence-corrected chi connectivity index (χ3v) is 2.75. The van der Waals surface area contributed by atoms with Gasteiger partial charge in [0.15, 0.2) is 6.29 Å². The van der Waals surface area contributed by atoms with Crippen LogP contribution in [0.1, 0.15) is 16.8 Å². The maximum Gasteiger partial charge on any atom is 0.152 e. The van der Waals surface area contributed by atoms with Gasteiger partial charge in [-0.05, 0) is 18.6 Å². The molecule has 4 heteroatoms. The maximum atomic E-state index is 11.1. The lowest BCUT2D eigenvalue weighted by Gasteiger charge is -2.25. The van der Waals surface area contributed by atoms with Gasteiger partial charge in [-0.15, -0.1) is 0 Å². The van der Waals surface area contributed by atoms with Crippen LogP contribution in [0.2, 0.25) is 0 Å². The molecule has 0 N–H and O–H groups in total. The van der Waals surface area contributed by atoms with Crippen LogP contribution >= 0.6 is 0 Å². The summed E-state index contributed by atoms with van der Waals surface area (Å²) in [5, 5.41) is 0. The first-order chi connectivity index (χ1) is 8.83. The van der Waals surface area contributed by atoms with E-state index in [1.165, 1.54) is 0 Å². The summed E-state index contributed by atoms with van der Waals surface area (Å²) < 4.78 is 10.2. The van der Waals surface area contributed by atoms with Gasteiger partial charge >= 0.3 is 0 Å². The van der Waals surface area contributed by atoms with Crippen LogP contribution in [0, 0.1) is 0 Å². The van der Waals surface area contributed by atoms with Gasteiger partial charge in [0.05, 0.1) is 6.61 Å². The summed E-state index contributed by atoms with van der Waals surface area (Å²) in [6, 6.07) is 7.61. The predicted molar refractivity (Wildman–Crippen MR) is 72.4 cm³/mol. The fraction of sp³-hybridized carbons (Fsp3) is 0.500. The standard InChI is InChI=1S/C14H21NO3/c1-17-10-5-8-15(9-11-18-2)14-7-4-3-6-13(14)12-16/h3-4,6-7,12H,5,8-11H2,1-2H3. The number of hydrogen-bond acceptors (Lipinski definition) is 4. The van der Waals surface area contributed by atoms with E-state index in [0.717, 1.165) is 31.5 Å². The van der Waals surface area contributed by atoms with Crippen molar-refractivity contribution in [3.05, 3.63) is 29.8 Å². The first-order valence-electron chi connectivity index (χ1n) is 6.10. The number of carbonyl (C=O) groups is 1. The highest BCUT2D eigenvalue weighted by Gasteiger charge is 2.09. The highest BCUT2D eigenvalue weighted by atomic mass is 16.5. The SMILES string of the molecule is COCCCN(CCOC)c1ccccc1C=O. The summed E-state index contributed by atoms with van der Waals surface area (Å²) >= 11 is 0. The smallest absolute Gasteiger partial charge is 0.152 e. The second-order valence-corrected chi connectivity index (χ2v) is 4.00. The second kappa shape index (κ2) is 8.66. The second-order valence-electron chi connectivity index (χ2n) is 4.00. The lowest BCUT2D eigenvalue weighted by Crippen LogP contribution is -2.29. The third-order valence-electron chi connectivity index (χ3n) is 2.75. The molecule has 0 heterocycles. The molecule has 0 radical (unpaired) electrons. The molecule has 0 aromatic heterocycles. The number of hydrogen-bond donors (Lipinski definition) is 0. The highest BCUT2D eigenvalue weighted by Crippen LogP contribution is 2.18. The Morgan fingerprint density at radius 3 is 2.50 bits per heavy atom. The first-order valence-corrected chi connectivity index (χ1v) is 6.10. The summed E-state index contributed by atoms with van der Waals surface area (Å²) in [5.74, 6) is 0. The summed E-state index contributed by atoms with van der Waals surface area (Å²) in [5.41, 5.74) is 1.67. The minimum atomic E-state index is 0.639. The van der Waals surface area contributed by atoms with Crippen LogP contribution < -0.4 is 4.90 Å². The molecule has 0 aliphatic carbocycles. The zero-order valence-electron chi connectivity index (χ0n) is 11.1. The van der Waals surface area contributed by atoms with Crippen LogP contribution in [-0.2, 0) is 9.47 Å². The summed E-state index contributed by atoms with van der Waals surface area (Å²) in [6.07, 6.45) is 1.82. The molecular formula is C14H21NO3. The normalized spacial score (nSPS) is 10.3. The van der Waals surface area contributed by atoms with Crippen LogP contribution in [-0.4, -0.2) is 46.8 Å². The number of benzene rings is 1. The molecule has 0 amide bonds. The van der Waals surface area contributed by atoms with Crippen molar-refractivity contribution < 1.29 is 14.3 Å². The average Bonchev–Trinajstić information content (AvgIpc) is 2.42. The van der Waals surface area contributed by atoms with Gasteiger partial charge in [0, 0.05) is 45.2 Å². The van der Waals surface area contributed by atoms with Crippen molar-refractivity contribution in [2.24, 2.45) is 0 Å². The molecule has 1 rings (SSSR count). The monoisotopic (exact) mass is 251 g/mol. The number of nitrogens with zero attached hydrogens (tertiary/aromatic N) is 1. The van der Waals surface area contributed by atoms with E-state index < -0.39 is 0 Å². The Hall–Kier alpha value is -1.39. The van der Waals surface area contributed by atoms with E-state index in [0.29, 0.717) is 18.8 Å². The zero-order valence-corrected chi connectivity index (χ0v) is 11.1. The minimum absolute atomic E-state index is 0.639. The van der Waals surface area contributed by atoms with Crippen molar-refractivity contribution in [1.29, 1.82) is 0 Å². The number of ether oxygens (including phenoxy) is 2. The van der Waals surface area contributed by atoms with Crippen LogP contribution in [0.3, 0.4) is 0 Å². The van der Waals surface area contributed by atoms with Crippen LogP contribution in [0.15, 0.2) is 24.3 Å². The lowest BCUT2D eigenvalue weighted by molar-refractivity contribution is 0.112. The molecule has 0 aliphatic heterocycles. The number of rotatable bonds is 9. The number of carbonyl (C=O) groups excluding carboxylic acids is 1. The molecule has 4 nitrogen and oxygen atoms in total. The van der Waals surface area contributed by atoms with Crippen molar-refractivity contribution in [3.63, 3.8) is 0 Å². The molecule has 18 heavy (non-hydrogen) atoms. The quantitative estimate of drug-likeness (QED) is 0.497. The van der Waals surface area contributed by atoms with Crippen molar-refractivity contribution in [2.45, 2.75) is 6.42 Å². The number of anilines is 1. The number of methoxy groups -OCH3 is 2. The summed E-state index contributed by atoms with van der Waals surface area (Å²) in [6.45, 7) is 2.97. The Balaban J connectivity index is 2.75. The van der Waals surface area contributed by atoms with Crippen LogP contribution in [0.5, 0.6) is 0 Å². The highest BCUT2D eigenvalue weighted by molar-refractivity contribution is 5.84. The van der Waals surface area contributed by atoms with Crippen molar-refractivity contribution in [1.82, 2.24) is 0 Å². The Kier molecular flexibility index (Phi) is 7.06. The topological polar surface area (TPSA) is 38.8 Å². The molecule has 0 fully saturated rings. The van der Waals surface area contributed by atoms with E-state index in [-0.39, 0.29) is 0 Å². The van der Waals surface area contributed by atoms with E-state index in [1.807, 2.05) is 24.3 Å². The van der Waals surface area contributed by atoms with Crippen molar-refractivity contribution in [3.8, 4) is 0 Å². The molecule has 0 atom stereocenters. The molecule has 0 aliphatic rings. The molecule has 1 aromatic rings. The Labute approximate surface area is 108 Å². The fourth-order valence-corrected chi connectivity index (χ4v) is 1.83. The van der Waals surface area contributed by atoms with Gasteiger partial charge in [-0.25, -0.2) is 0 Å². The van der Waals surface area contributed by atoms with Crippen LogP contribution in [0.25, 0.3) is 0 Å². The first kappa shape index (κ1) is 14.7. The molecule has 0 unspecified atom stereocenters. The Bertz CT molecular complexity index is 355. The van der Waals surface area contributed by atoms with Gasteiger partial charge in [0.25, 0.3) is 0 Å². The summed E-state index contributed by atoms with van der Waals surface area (Å²) in [7, 11) is 3.37. The molecule has 100 valence electrons. The van der Waals surface area contributed by atoms with E-state index in [4.69, 9.17) is 9.47 Å². The third kappa shape index (κ3) is 4.47. The van der Waals surface area contributed by atoms with Crippen molar-refractivity contribution >= 4 is 12.0 Å². The number of para-hydroxylation sites is 1.